The highest BCUT2D eigenvalue weighted by Gasteiger charge is 2.11. The van der Waals surface area contributed by atoms with Gasteiger partial charge in [0.2, 0.25) is 0 Å². The van der Waals surface area contributed by atoms with Crippen molar-refractivity contribution in [2.75, 3.05) is 7.11 Å². The van der Waals surface area contributed by atoms with Gasteiger partial charge in [-0.1, -0.05) is 0 Å². The maximum atomic E-state index is 8.97. The van der Waals surface area contributed by atoms with Crippen LogP contribution in [0.1, 0.15) is 5.69 Å². The van der Waals surface area contributed by atoms with Crippen LogP contribution in [0, 0.1) is 11.3 Å². The summed E-state index contributed by atoms with van der Waals surface area (Å²) in [4.78, 5) is 3.94. The molecule has 6 heteroatoms. The number of nitriles is 1. The van der Waals surface area contributed by atoms with E-state index < -0.39 is 0 Å². The van der Waals surface area contributed by atoms with E-state index in [4.69, 9.17) is 14.7 Å². The highest BCUT2D eigenvalue weighted by atomic mass is 79.9. The van der Waals surface area contributed by atoms with Gasteiger partial charge < -0.3 is 9.47 Å². The first kappa shape index (κ1) is 13.8. The number of hydrogen-bond acceptors (Lipinski definition) is 4. The molecule has 4 nitrogen and oxygen atoms in total. The molecule has 0 fully saturated rings. The van der Waals surface area contributed by atoms with Gasteiger partial charge in [0, 0.05) is 6.20 Å². The lowest BCUT2D eigenvalue weighted by atomic mass is 10.3. The summed E-state index contributed by atoms with van der Waals surface area (Å²) in [5.41, 5.74) is 0.237. The van der Waals surface area contributed by atoms with E-state index in [1.807, 2.05) is 6.07 Å². The molecule has 1 aromatic heterocycles. The molecule has 19 heavy (non-hydrogen) atoms. The summed E-state index contributed by atoms with van der Waals surface area (Å²) in [5, 5.41) is 8.97. The Bertz CT molecular complexity index is 654. The van der Waals surface area contributed by atoms with Crippen LogP contribution < -0.4 is 9.47 Å². The quantitative estimate of drug-likeness (QED) is 0.793. The van der Waals surface area contributed by atoms with Crippen LogP contribution in [0.5, 0.6) is 17.2 Å². The van der Waals surface area contributed by atoms with Crippen LogP contribution in [0.3, 0.4) is 0 Å². The van der Waals surface area contributed by atoms with Crippen molar-refractivity contribution in [2.45, 2.75) is 0 Å². The number of halogens is 2. The highest BCUT2D eigenvalue weighted by molar-refractivity contribution is 9.11. The first-order chi connectivity index (χ1) is 9.15. The lowest BCUT2D eigenvalue weighted by molar-refractivity contribution is 0.409. The molecule has 1 aromatic carbocycles. The molecule has 0 N–H and O–H groups in total. The van der Waals surface area contributed by atoms with Gasteiger partial charge in [0.05, 0.1) is 16.1 Å². The Morgan fingerprint density at radius 1 is 1.16 bits per heavy atom. The van der Waals surface area contributed by atoms with Crippen LogP contribution in [0.15, 0.2) is 39.4 Å². The maximum Gasteiger partial charge on any atom is 0.183 e. The van der Waals surface area contributed by atoms with Gasteiger partial charge in [-0.3, -0.25) is 0 Å². The predicted molar refractivity (Wildman–Crippen MR) is 77.4 cm³/mol. The average molecular weight is 384 g/mol. The van der Waals surface area contributed by atoms with E-state index in [2.05, 4.69) is 36.8 Å². The molecule has 0 aliphatic rings. The Balaban J connectivity index is 2.39. The molecule has 0 radical (unpaired) electrons. The second-order valence-electron chi connectivity index (χ2n) is 3.48. The number of nitrogens with zero attached hydrogens (tertiary/aromatic N) is 2. The highest BCUT2D eigenvalue weighted by Crippen LogP contribution is 2.38. The molecule has 2 rings (SSSR count). The summed E-state index contributed by atoms with van der Waals surface area (Å²) in [5.74, 6) is 1.66. The molecule has 0 atom stereocenters. The van der Waals surface area contributed by atoms with Crippen molar-refractivity contribution in [3.8, 4) is 23.3 Å². The van der Waals surface area contributed by atoms with Crippen molar-refractivity contribution in [3.05, 3.63) is 45.1 Å². The number of benzene rings is 1. The minimum atomic E-state index is 0.237. The van der Waals surface area contributed by atoms with Crippen molar-refractivity contribution < 1.29 is 9.47 Å². The number of rotatable bonds is 3. The monoisotopic (exact) mass is 382 g/mol. The van der Waals surface area contributed by atoms with Gasteiger partial charge >= 0.3 is 0 Å². The summed E-state index contributed by atoms with van der Waals surface area (Å²) < 4.78 is 12.4. The Morgan fingerprint density at radius 3 is 2.53 bits per heavy atom. The maximum absolute atomic E-state index is 8.97. The fraction of sp³-hybridized carbons (Fsp3) is 0.0769. The minimum Gasteiger partial charge on any atom is -0.496 e. The summed E-state index contributed by atoms with van der Waals surface area (Å²) in [7, 11) is 1.59. The first-order valence-corrected chi connectivity index (χ1v) is 6.80. The van der Waals surface area contributed by atoms with Crippen LogP contribution in [-0.4, -0.2) is 12.1 Å². The molecule has 0 spiro atoms. The van der Waals surface area contributed by atoms with E-state index in [9.17, 15) is 0 Å². The van der Waals surface area contributed by atoms with E-state index in [0.717, 1.165) is 8.95 Å². The fourth-order valence-corrected chi connectivity index (χ4v) is 2.31. The Hall–Kier alpha value is -1.58. The van der Waals surface area contributed by atoms with E-state index in [1.165, 1.54) is 0 Å². The third-order valence-electron chi connectivity index (χ3n) is 2.30. The zero-order chi connectivity index (χ0) is 13.8. The second kappa shape index (κ2) is 6.04. The number of pyridine rings is 1. The van der Waals surface area contributed by atoms with E-state index in [0.29, 0.717) is 17.2 Å². The number of hydrogen-bond donors (Lipinski definition) is 0. The lowest BCUT2D eigenvalue weighted by Crippen LogP contribution is -1.93. The third-order valence-corrected chi connectivity index (χ3v) is 3.54. The molecule has 1 heterocycles. The molecule has 0 aliphatic heterocycles. The zero-order valence-electron chi connectivity index (χ0n) is 9.85. The van der Waals surface area contributed by atoms with E-state index >= 15 is 0 Å². The lowest BCUT2D eigenvalue weighted by Gasteiger charge is -2.11. The van der Waals surface area contributed by atoms with Crippen molar-refractivity contribution in [3.63, 3.8) is 0 Å². The molecule has 0 saturated heterocycles. The van der Waals surface area contributed by atoms with Crippen LogP contribution in [0.2, 0.25) is 0 Å². The van der Waals surface area contributed by atoms with Gasteiger partial charge in [0.25, 0.3) is 0 Å². The van der Waals surface area contributed by atoms with Crippen molar-refractivity contribution in [2.24, 2.45) is 0 Å². The standard InChI is InChI=1S/C13H8Br2N2O2/c1-18-12-5-9(15)13(6-8(12)14)19-11-3-2-4-17-10(11)7-16/h2-6H,1H3. The summed E-state index contributed by atoms with van der Waals surface area (Å²) in [6.07, 6.45) is 1.55. The SMILES string of the molecule is COc1cc(Br)c(Oc2cccnc2C#N)cc1Br. The number of ether oxygens (including phenoxy) is 2. The molecular formula is C13H8Br2N2O2. The van der Waals surface area contributed by atoms with E-state index in [-0.39, 0.29) is 5.69 Å². The molecule has 0 amide bonds. The van der Waals surface area contributed by atoms with Gasteiger partial charge in [-0.2, -0.15) is 5.26 Å². The molecule has 0 aliphatic carbocycles. The van der Waals surface area contributed by atoms with Crippen LogP contribution in [0.25, 0.3) is 0 Å². The van der Waals surface area contributed by atoms with Gasteiger partial charge in [-0.15, -0.1) is 0 Å². The van der Waals surface area contributed by atoms with Crippen molar-refractivity contribution in [1.82, 2.24) is 4.98 Å². The Kier molecular flexibility index (Phi) is 4.40. The largest absolute Gasteiger partial charge is 0.496 e. The van der Waals surface area contributed by atoms with Crippen molar-refractivity contribution >= 4 is 31.9 Å². The smallest absolute Gasteiger partial charge is 0.183 e. The van der Waals surface area contributed by atoms with Crippen molar-refractivity contribution in [1.29, 1.82) is 5.26 Å². The molecule has 96 valence electrons. The molecule has 0 unspecified atom stereocenters. The topological polar surface area (TPSA) is 55.1 Å². The van der Waals surface area contributed by atoms with Gasteiger partial charge in [-0.05, 0) is 56.1 Å². The number of methoxy groups -OCH3 is 1. The average Bonchev–Trinajstić information content (AvgIpc) is 2.43. The molecule has 0 bridgehead atoms. The minimum absolute atomic E-state index is 0.237. The fourth-order valence-electron chi connectivity index (χ4n) is 1.42. The zero-order valence-corrected chi connectivity index (χ0v) is 13.0. The Labute approximate surface area is 127 Å². The van der Waals surface area contributed by atoms with Gasteiger partial charge in [0.1, 0.15) is 17.6 Å². The molecule has 2 aromatic rings. The van der Waals surface area contributed by atoms with Crippen LogP contribution in [0.4, 0.5) is 0 Å². The van der Waals surface area contributed by atoms with Gasteiger partial charge in [0.15, 0.2) is 11.4 Å². The summed E-state index contributed by atoms with van der Waals surface area (Å²) in [6, 6.07) is 8.93. The van der Waals surface area contributed by atoms with Gasteiger partial charge in [-0.25, -0.2) is 4.98 Å². The normalized spacial score (nSPS) is 9.79. The van der Waals surface area contributed by atoms with E-state index in [1.54, 1.807) is 37.6 Å². The Morgan fingerprint density at radius 2 is 1.84 bits per heavy atom. The molecule has 0 saturated carbocycles. The predicted octanol–water partition coefficient (Wildman–Crippen LogP) is 4.28. The summed E-state index contributed by atoms with van der Waals surface area (Å²) in [6.45, 7) is 0. The molecular weight excluding hydrogens is 376 g/mol. The van der Waals surface area contributed by atoms with Crippen LogP contribution in [-0.2, 0) is 0 Å². The first-order valence-electron chi connectivity index (χ1n) is 5.21. The second-order valence-corrected chi connectivity index (χ2v) is 5.19. The summed E-state index contributed by atoms with van der Waals surface area (Å²) >= 11 is 6.78. The van der Waals surface area contributed by atoms with Crippen LogP contribution >= 0.6 is 31.9 Å². The third kappa shape index (κ3) is 3.06. The number of aromatic nitrogens is 1.